The summed E-state index contributed by atoms with van der Waals surface area (Å²) in [5, 5.41) is 9.90. The maximum absolute atomic E-state index is 13.0. The van der Waals surface area contributed by atoms with Crippen LogP contribution < -0.4 is 27.5 Å². The second kappa shape index (κ2) is 14.4. The van der Waals surface area contributed by atoms with Crippen molar-refractivity contribution in [1.29, 1.82) is 0 Å². The summed E-state index contributed by atoms with van der Waals surface area (Å²) in [5.41, 5.74) is 16.4. The number of fused-ring (bicyclic) bond motifs is 3. The zero-order valence-electron chi connectivity index (χ0n) is 25.1. The molecule has 47 heavy (non-hydrogen) atoms. The van der Waals surface area contributed by atoms with Crippen LogP contribution in [0.4, 0.5) is 29.6 Å². The third-order valence-corrected chi connectivity index (χ3v) is 7.12. The van der Waals surface area contributed by atoms with Crippen LogP contribution in [0.1, 0.15) is 34.0 Å². The summed E-state index contributed by atoms with van der Waals surface area (Å²) >= 11 is 0. The van der Waals surface area contributed by atoms with E-state index in [1.54, 1.807) is 26.0 Å². The molecule has 0 radical (unpaired) electrons. The zero-order chi connectivity index (χ0) is 34.3. The maximum atomic E-state index is 13.0. The fourth-order valence-electron chi connectivity index (χ4n) is 4.79. The van der Waals surface area contributed by atoms with Crippen LogP contribution in [0.25, 0.3) is 11.1 Å². The van der Waals surface area contributed by atoms with Crippen molar-refractivity contribution in [3.63, 3.8) is 0 Å². The molecule has 0 saturated heterocycles. The first-order valence-electron chi connectivity index (χ1n) is 14.0. The first-order chi connectivity index (χ1) is 22.3. The summed E-state index contributed by atoms with van der Waals surface area (Å²) < 4.78 is 38.5. The van der Waals surface area contributed by atoms with Crippen LogP contribution in [-0.2, 0) is 27.4 Å². The summed E-state index contributed by atoms with van der Waals surface area (Å²) in [6.45, 7) is 3.60. The number of ether oxygens (including phenoxy) is 1. The van der Waals surface area contributed by atoms with Gasteiger partial charge in [0, 0.05) is 30.0 Å². The predicted molar refractivity (Wildman–Crippen MR) is 164 cm³/mol. The number of aryl methyl sites for hydroxylation is 2. The molecule has 1 aliphatic carbocycles. The average Bonchev–Trinajstić information content (AvgIpc) is 3.34. The number of carboxylic acids is 1. The van der Waals surface area contributed by atoms with Crippen molar-refractivity contribution in [2.45, 2.75) is 39.0 Å². The number of rotatable bonds is 8. The molecule has 0 fully saturated rings. The number of hydrogen-bond acceptors (Lipinski definition) is 9. The molecule has 5 rings (SSSR count). The summed E-state index contributed by atoms with van der Waals surface area (Å²) in [6, 6.07) is 19.5. The van der Waals surface area contributed by atoms with Crippen LogP contribution in [0.2, 0.25) is 0 Å². The molecule has 0 spiro atoms. The Bertz CT molecular complexity index is 1820. The van der Waals surface area contributed by atoms with E-state index in [1.165, 1.54) is 10.8 Å². The summed E-state index contributed by atoms with van der Waals surface area (Å²) in [6.07, 6.45) is -4.41. The lowest BCUT2D eigenvalue weighted by Crippen LogP contribution is -2.38. The van der Waals surface area contributed by atoms with E-state index in [9.17, 15) is 27.6 Å². The molecule has 2 aromatic carbocycles. The standard InChI is InChI=1S/C29H29N7O4.C2HF3O2/c1-17-13-32-27(28(38)36(17)15-26(37)31-14-19-11-12-25(30)33-18(19)2)34-35-29(39)40-16-24-22-9-5-3-7-20(22)21-8-4-6-10-23(21)24;3-2(4,5)1(6)7/h3-13,24H,14-16H2,1-2H3,(H2,30,33)(H,31,37)(H,32,34)(H,35,39);(H,6,7). The largest absolute Gasteiger partial charge is 0.490 e. The van der Waals surface area contributed by atoms with Gasteiger partial charge in [-0.05, 0) is 47.7 Å². The molecule has 13 nitrogen and oxygen atoms in total. The Morgan fingerprint density at radius 2 is 1.60 bits per heavy atom. The number of aliphatic carboxylic acids is 1. The maximum Gasteiger partial charge on any atom is 0.490 e. The highest BCUT2D eigenvalue weighted by molar-refractivity contribution is 5.79. The van der Waals surface area contributed by atoms with Crippen LogP contribution >= 0.6 is 0 Å². The number of pyridine rings is 1. The molecule has 2 aromatic heterocycles. The second-order valence-corrected chi connectivity index (χ2v) is 10.3. The van der Waals surface area contributed by atoms with Crippen molar-refractivity contribution in [3.05, 3.63) is 105 Å². The fourth-order valence-corrected chi connectivity index (χ4v) is 4.79. The highest BCUT2D eigenvalue weighted by Gasteiger charge is 2.38. The van der Waals surface area contributed by atoms with Crippen LogP contribution in [0, 0.1) is 13.8 Å². The minimum Gasteiger partial charge on any atom is -0.475 e. The number of nitrogens with one attached hydrogen (secondary N) is 3. The van der Waals surface area contributed by atoms with Gasteiger partial charge in [-0.2, -0.15) is 13.2 Å². The first-order valence-corrected chi connectivity index (χ1v) is 14.0. The van der Waals surface area contributed by atoms with Crippen LogP contribution in [0.5, 0.6) is 0 Å². The molecule has 2 heterocycles. The molecule has 0 bridgehead atoms. The van der Waals surface area contributed by atoms with Crippen LogP contribution in [0.3, 0.4) is 0 Å². The van der Waals surface area contributed by atoms with Gasteiger partial charge in [0.15, 0.2) is 0 Å². The van der Waals surface area contributed by atoms with Gasteiger partial charge in [-0.1, -0.05) is 54.6 Å². The molecule has 0 saturated carbocycles. The van der Waals surface area contributed by atoms with Gasteiger partial charge in [-0.25, -0.2) is 25.0 Å². The minimum atomic E-state index is -5.08. The number of nitrogens with two attached hydrogens (primary N) is 1. The highest BCUT2D eigenvalue weighted by Crippen LogP contribution is 2.44. The van der Waals surface area contributed by atoms with Crippen molar-refractivity contribution >= 4 is 29.6 Å². The number of carbonyl (C=O) groups excluding carboxylic acids is 2. The average molecular weight is 654 g/mol. The number of hydrazine groups is 1. The van der Waals surface area contributed by atoms with Gasteiger partial charge in [0.25, 0.3) is 5.56 Å². The third kappa shape index (κ3) is 8.42. The van der Waals surface area contributed by atoms with E-state index in [2.05, 4.69) is 38.3 Å². The number of carboxylic acid groups (broad SMARTS) is 1. The highest BCUT2D eigenvalue weighted by atomic mass is 19.4. The number of aromatic nitrogens is 3. The number of amides is 2. The zero-order valence-corrected chi connectivity index (χ0v) is 25.1. The Balaban J connectivity index is 0.000000644. The number of alkyl halides is 3. The fraction of sp³-hybridized carbons (Fsp3) is 0.226. The van der Waals surface area contributed by atoms with E-state index in [0.717, 1.165) is 27.8 Å². The molecule has 246 valence electrons. The van der Waals surface area contributed by atoms with E-state index in [-0.39, 0.29) is 37.3 Å². The summed E-state index contributed by atoms with van der Waals surface area (Å²) in [5.74, 6) is -2.97. The number of anilines is 2. The Morgan fingerprint density at radius 3 is 2.17 bits per heavy atom. The Kier molecular flexibility index (Phi) is 10.4. The minimum absolute atomic E-state index is 0.0980. The van der Waals surface area contributed by atoms with Gasteiger partial charge in [0.2, 0.25) is 11.7 Å². The number of nitrogens with zero attached hydrogens (tertiary/aromatic N) is 3. The SMILES string of the molecule is Cc1nc(N)ccc1CNC(=O)Cn1c(C)cnc(NNC(=O)OCC2c3ccccc3-c3ccccc32)c1=O.O=C(O)C(F)(F)F. The lowest BCUT2D eigenvalue weighted by Gasteiger charge is -2.15. The lowest BCUT2D eigenvalue weighted by molar-refractivity contribution is -0.192. The molecule has 0 unspecified atom stereocenters. The smallest absolute Gasteiger partial charge is 0.475 e. The quantitative estimate of drug-likeness (QED) is 0.176. The lowest BCUT2D eigenvalue weighted by atomic mass is 9.98. The van der Waals surface area contributed by atoms with E-state index in [0.29, 0.717) is 17.2 Å². The van der Waals surface area contributed by atoms with Gasteiger partial charge in [0.05, 0.1) is 0 Å². The number of benzene rings is 2. The van der Waals surface area contributed by atoms with Crippen molar-refractivity contribution in [3.8, 4) is 11.1 Å². The van der Waals surface area contributed by atoms with E-state index in [4.69, 9.17) is 20.4 Å². The van der Waals surface area contributed by atoms with Crippen molar-refractivity contribution in [2.75, 3.05) is 17.8 Å². The molecular weight excluding hydrogens is 623 g/mol. The van der Waals surface area contributed by atoms with Crippen molar-refractivity contribution in [2.24, 2.45) is 0 Å². The predicted octanol–water partition coefficient (Wildman–Crippen LogP) is 3.65. The van der Waals surface area contributed by atoms with Gasteiger partial charge in [-0.3, -0.25) is 19.6 Å². The molecule has 16 heteroatoms. The van der Waals surface area contributed by atoms with E-state index < -0.39 is 23.8 Å². The first kappa shape index (κ1) is 34.0. The third-order valence-electron chi connectivity index (χ3n) is 7.12. The number of nitrogen functional groups attached to an aromatic ring is 1. The Labute approximate surface area is 265 Å². The number of carbonyl (C=O) groups is 3. The monoisotopic (exact) mass is 653 g/mol. The van der Waals surface area contributed by atoms with Gasteiger partial charge < -0.3 is 20.9 Å². The summed E-state index contributed by atoms with van der Waals surface area (Å²) in [7, 11) is 0. The summed E-state index contributed by atoms with van der Waals surface area (Å²) in [4.78, 5) is 55.2. The van der Waals surface area contributed by atoms with Gasteiger partial charge in [-0.15, -0.1) is 0 Å². The Morgan fingerprint density at radius 1 is 1.00 bits per heavy atom. The molecule has 0 aliphatic heterocycles. The Hall–Kier alpha value is -5.93. The molecular formula is C31H30F3N7O6. The molecule has 4 aromatic rings. The molecule has 2 amide bonds. The molecule has 1 aliphatic rings. The number of halogens is 3. The molecule has 6 N–H and O–H groups in total. The molecule has 0 atom stereocenters. The van der Waals surface area contributed by atoms with Crippen LogP contribution in [0.15, 0.2) is 71.7 Å². The van der Waals surface area contributed by atoms with Crippen molar-refractivity contribution < 1.29 is 37.4 Å². The van der Waals surface area contributed by atoms with E-state index in [1.807, 2.05) is 36.4 Å². The second-order valence-electron chi connectivity index (χ2n) is 10.3. The van der Waals surface area contributed by atoms with Crippen LogP contribution in [-0.4, -0.2) is 50.4 Å². The van der Waals surface area contributed by atoms with Gasteiger partial charge >= 0.3 is 18.2 Å². The normalized spacial score (nSPS) is 11.8. The topological polar surface area (TPSA) is 191 Å². The van der Waals surface area contributed by atoms with Crippen molar-refractivity contribution in [1.82, 2.24) is 25.3 Å². The van der Waals surface area contributed by atoms with E-state index >= 15 is 0 Å². The van der Waals surface area contributed by atoms with Gasteiger partial charge in [0.1, 0.15) is 19.0 Å². The number of hydrogen-bond donors (Lipinski definition) is 5.